The lowest BCUT2D eigenvalue weighted by Gasteiger charge is -2.19. The zero-order valence-electron chi connectivity index (χ0n) is 8.74. The van der Waals surface area contributed by atoms with Gasteiger partial charge in [0.15, 0.2) is 0 Å². The van der Waals surface area contributed by atoms with Crippen LogP contribution in [0.3, 0.4) is 0 Å². The first-order chi connectivity index (χ1) is 7.77. The number of alkyl halides is 1. The van der Waals surface area contributed by atoms with Gasteiger partial charge in [-0.25, -0.2) is 0 Å². The largest absolute Gasteiger partial charge is 0.338 e. The second-order valence-electron chi connectivity index (χ2n) is 3.67. The molecule has 0 saturated carbocycles. The molecule has 0 nitrogen and oxygen atoms in total. The van der Waals surface area contributed by atoms with Gasteiger partial charge in [-0.15, -0.1) is 0 Å². The summed E-state index contributed by atoms with van der Waals surface area (Å²) in [5, 5.41) is 0.979. The van der Waals surface area contributed by atoms with Crippen LogP contribution < -0.4 is 10.4 Å². The summed E-state index contributed by atoms with van der Waals surface area (Å²) in [6.45, 7) is 0. The summed E-state index contributed by atoms with van der Waals surface area (Å²) in [5.74, 6) is 0. The van der Waals surface area contributed by atoms with Crippen molar-refractivity contribution in [3.63, 3.8) is 0 Å². The fourth-order valence-corrected chi connectivity index (χ4v) is 3.81. The number of benzene rings is 2. The van der Waals surface area contributed by atoms with Crippen LogP contribution in [0, 0.1) is 0 Å². The molecule has 0 atom stereocenters. The first-order valence-electron chi connectivity index (χ1n) is 5.13. The highest BCUT2D eigenvalue weighted by atomic mass is 28.4. The molecule has 2 aromatic carbocycles. The summed E-state index contributed by atoms with van der Waals surface area (Å²) in [7, 11) is -3.64. The molecular weight excluding hydrogens is 222 g/mol. The third-order valence-electron chi connectivity index (χ3n) is 2.65. The van der Waals surface area contributed by atoms with Gasteiger partial charge in [-0.3, -0.25) is 8.50 Å². The van der Waals surface area contributed by atoms with Gasteiger partial charge in [0.25, 0.3) is 0 Å². The summed E-state index contributed by atoms with van der Waals surface area (Å²) < 4.78 is 27.8. The average Bonchev–Trinajstić information content (AvgIpc) is 2.40. The molecule has 0 saturated heterocycles. The van der Waals surface area contributed by atoms with Crippen molar-refractivity contribution < 1.29 is 8.50 Å². The highest BCUT2D eigenvalue weighted by Gasteiger charge is 2.39. The summed E-state index contributed by atoms with van der Waals surface area (Å²) in [5.41, 5.74) is 0. The van der Waals surface area contributed by atoms with E-state index in [4.69, 9.17) is 0 Å². The highest BCUT2D eigenvalue weighted by molar-refractivity contribution is 6.97. The molecule has 82 valence electrons. The Kier molecular flexibility index (Phi) is 3.15. The van der Waals surface area contributed by atoms with Crippen LogP contribution in [0.25, 0.3) is 0 Å². The Labute approximate surface area is 94.7 Å². The van der Waals surface area contributed by atoms with Crippen molar-refractivity contribution in [3.8, 4) is 0 Å². The van der Waals surface area contributed by atoms with Crippen LogP contribution in [0.15, 0.2) is 60.7 Å². The minimum atomic E-state index is -3.64. The van der Waals surface area contributed by atoms with Gasteiger partial charge in [0.05, 0.1) is 0 Å². The van der Waals surface area contributed by atoms with Crippen molar-refractivity contribution in [1.82, 2.24) is 0 Å². The standard InChI is InChI=1S/C13H12F2Si/c14-11-16(15,12-7-3-1-4-8-12)13-9-5-2-6-10-13/h1-10H,11H2. The van der Waals surface area contributed by atoms with Gasteiger partial charge in [0, 0.05) is 0 Å². The topological polar surface area (TPSA) is 0 Å². The Hall–Kier alpha value is -1.48. The van der Waals surface area contributed by atoms with Crippen LogP contribution in [0.1, 0.15) is 0 Å². The number of hydrogen-bond acceptors (Lipinski definition) is 0. The highest BCUT2D eigenvalue weighted by Crippen LogP contribution is 2.07. The van der Waals surface area contributed by atoms with E-state index in [1.807, 2.05) is 12.1 Å². The predicted octanol–water partition coefficient (Wildman–Crippen LogP) is 2.22. The summed E-state index contributed by atoms with van der Waals surface area (Å²) >= 11 is 0. The van der Waals surface area contributed by atoms with Crippen LogP contribution in [-0.2, 0) is 0 Å². The fraction of sp³-hybridized carbons (Fsp3) is 0.0769. The molecule has 0 aliphatic rings. The lowest BCUT2D eigenvalue weighted by molar-refractivity contribution is 0.559. The van der Waals surface area contributed by atoms with E-state index in [-0.39, 0.29) is 0 Å². The maximum absolute atomic E-state index is 14.7. The summed E-state index contributed by atoms with van der Waals surface area (Å²) in [6, 6.07) is 17.3. The Morgan fingerprint density at radius 3 is 1.44 bits per heavy atom. The smallest absolute Gasteiger partial charge is 0.299 e. The molecule has 0 radical (unpaired) electrons. The zero-order chi connectivity index (χ0) is 11.4. The minimum Gasteiger partial charge on any atom is -0.299 e. The molecule has 0 spiro atoms. The fourth-order valence-electron chi connectivity index (χ4n) is 1.73. The second-order valence-corrected chi connectivity index (χ2v) is 6.69. The van der Waals surface area contributed by atoms with Crippen LogP contribution in [0.5, 0.6) is 0 Å². The van der Waals surface area contributed by atoms with Gasteiger partial charge >= 0.3 is 8.41 Å². The van der Waals surface area contributed by atoms with Crippen molar-refractivity contribution >= 4 is 18.8 Å². The third kappa shape index (κ3) is 1.91. The van der Waals surface area contributed by atoms with Gasteiger partial charge in [-0.1, -0.05) is 60.7 Å². The summed E-state index contributed by atoms with van der Waals surface area (Å²) in [4.78, 5) is 0. The molecule has 2 rings (SSSR count). The Balaban J connectivity index is 2.49. The lowest BCUT2D eigenvalue weighted by Crippen LogP contribution is -2.57. The zero-order valence-corrected chi connectivity index (χ0v) is 9.74. The number of halogens is 2. The van der Waals surface area contributed by atoms with E-state index >= 15 is 0 Å². The first kappa shape index (κ1) is 11.0. The normalized spacial score (nSPS) is 11.4. The SMILES string of the molecule is FC[Si](F)(c1ccccc1)c1ccccc1. The third-order valence-corrected chi connectivity index (χ3v) is 5.51. The van der Waals surface area contributed by atoms with Crippen molar-refractivity contribution in [2.45, 2.75) is 0 Å². The quantitative estimate of drug-likeness (QED) is 0.564. The first-order valence-corrected chi connectivity index (χ1v) is 7.22. The van der Waals surface area contributed by atoms with E-state index in [1.54, 1.807) is 48.5 Å². The van der Waals surface area contributed by atoms with E-state index < -0.39 is 14.7 Å². The maximum Gasteiger partial charge on any atom is 0.338 e. The maximum atomic E-state index is 14.7. The van der Waals surface area contributed by atoms with E-state index in [0.29, 0.717) is 10.4 Å². The molecule has 2 aromatic rings. The van der Waals surface area contributed by atoms with E-state index in [0.717, 1.165) is 0 Å². The molecule has 0 unspecified atom stereocenters. The van der Waals surface area contributed by atoms with Crippen LogP contribution >= 0.6 is 0 Å². The van der Waals surface area contributed by atoms with E-state index in [9.17, 15) is 8.50 Å². The molecule has 0 bridgehead atoms. The minimum absolute atomic E-state index is 0.490. The Morgan fingerprint density at radius 1 is 0.750 bits per heavy atom. The van der Waals surface area contributed by atoms with Crippen LogP contribution in [0.2, 0.25) is 0 Å². The van der Waals surface area contributed by atoms with E-state index in [1.165, 1.54) is 0 Å². The molecule has 0 fully saturated rings. The summed E-state index contributed by atoms with van der Waals surface area (Å²) in [6.07, 6.45) is -0.916. The van der Waals surface area contributed by atoms with Crippen LogP contribution in [-0.4, -0.2) is 14.7 Å². The molecule has 0 heterocycles. The molecule has 0 aromatic heterocycles. The van der Waals surface area contributed by atoms with Crippen LogP contribution in [0.4, 0.5) is 8.50 Å². The molecular formula is C13H12F2Si. The molecule has 0 N–H and O–H groups in total. The number of hydrogen-bond donors (Lipinski definition) is 0. The Morgan fingerprint density at radius 2 is 1.12 bits per heavy atom. The molecule has 16 heavy (non-hydrogen) atoms. The molecule has 0 aliphatic heterocycles. The van der Waals surface area contributed by atoms with Gasteiger partial charge in [0.1, 0.15) is 6.30 Å². The average molecular weight is 234 g/mol. The van der Waals surface area contributed by atoms with Crippen molar-refractivity contribution in [3.05, 3.63) is 60.7 Å². The molecule has 0 aliphatic carbocycles. The van der Waals surface area contributed by atoms with Gasteiger partial charge < -0.3 is 0 Å². The van der Waals surface area contributed by atoms with Gasteiger partial charge in [-0.05, 0) is 10.4 Å². The monoisotopic (exact) mass is 234 g/mol. The van der Waals surface area contributed by atoms with E-state index in [2.05, 4.69) is 0 Å². The second kappa shape index (κ2) is 4.57. The van der Waals surface area contributed by atoms with Gasteiger partial charge in [0.2, 0.25) is 0 Å². The van der Waals surface area contributed by atoms with Crippen molar-refractivity contribution in [2.75, 3.05) is 6.30 Å². The van der Waals surface area contributed by atoms with Crippen molar-refractivity contribution in [1.29, 1.82) is 0 Å². The van der Waals surface area contributed by atoms with Gasteiger partial charge in [-0.2, -0.15) is 0 Å². The predicted molar refractivity (Wildman–Crippen MR) is 65.0 cm³/mol. The number of rotatable bonds is 3. The van der Waals surface area contributed by atoms with Crippen molar-refractivity contribution in [2.24, 2.45) is 0 Å². The molecule has 0 amide bonds. The Bertz CT molecular complexity index is 403. The molecule has 3 heteroatoms. The lowest BCUT2D eigenvalue weighted by atomic mass is 10.4.